The van der Waals surface area contributed by atoms with Gasteiger partial charge >= 0.3 is 0 Å². The number of hydrogen-bond acceptors (Lipinski definition) is 2. The molecule has 2 N–H and O–H groups in total. The SMILES string of the molecule is Cc1cc(CNCC2(CCO)CC2)ccc1F. The largest absolute Gasteiger partial charge is 0.396 e. The van der Waals surface area contributed by atoms with Crippen LogP contribution in [0.3, 0.4) is 0 Å². The number of aryl methyl sites for hydroxylation is 1. The van der Waals surface area contributed by atoms with Gasteiger partial charge < -0.3 is 10.4 Å². The Morgan fingerprint density at radius 3 is 2.76 bits per heavy atom. The monoisotopic (exact) mass is 237 g/mol. The molecular formula is C14H20FNO. The van der Waals surface area contributed by atoms with Gasteiger partial charge in [-0.1, -0.05) is 12.1 Å². The third-order valence-electron chi connectivity index (χ3n) is 3.65. The van der Waals surface area contributed by atoms with Gasteiger partial charge in [-0.2, -0.15) is 0 Å². The van der Waals surface area contributed by atoms with Gasteiger partial charge in [0.05, 0.1) is 0 Å². The van der Waals surface area contributed by atoms with Crippen LogP contribution in [0.2, 0.25) is 0 Å². The Bertz CT molecular complexity index is 388. The Morgan fingerprint density at radius 1 is 1.41 bits per heavy atom. The summed E-state index contributed by atoms with van der Waals surface area (Å²) >= 11 is 0. The van der Waals surface area contributed by atoms with Crippen molar-refractivity contribution in [2.24, 2.45) is 5.41 Å². The molecule has 1 saturated carbocycles. The highest BCUT2D eigenvalue weighted by atomic mass is 19.1. The van der Waals surface area contributed by atoms with Gasteiger partial charge in [-0.05, 0) is 48.8 Å². The molecule has 0 aliphatic heterocycles. The lowest BCUT2D eigenvalue weighted by Gasteiger charge is -2.14. The summed E-state index contributed by atoms with van der Waals surface area (Å²) < 4.78 is 13.1. The Labute approximate surface area is 102 Å². The molecule has 0 heterocycles. The summed E-state index contributed by atoms with van der Waals surface area (Å²) in [4.78, 5) is 0. The number of halogens is 1. The molecule has 1 aliphatic rings. The van der Waals surface area contributed by atoms with E-state index < -0.39 is 0 Å². The van der Waals surface area contributed by atoms with Crippen LogP contribution in [0.4, 0.5) is 4.39 Å². The summed E-state index contributed by atoms with van der Waals surface area (Å²) in [6.07, 6.45) is 3.31. The van der Waals surface area contributed by atoms with Crippen LogP contribution >= 0.6 is 0 Å². The molecule has 0 saturated heterocycles. The lowest BCUT2D eigenvalue weighted by atomic mass is 10.0. The summed E-state index contributed by atoms with van der Waals surface area (Å²) in [5, 5.41) is 12.4. The summed E-state index contributed by atoms with van der Waals surface area (Å²) in [7, 11) is 0. The van der Waals surface area contributed by atoms with E-state index in [0.29, 0.717) is 11.0 Å². The second kappa shape index (κ2) is 5.15. The second-order valence-corrected chi connectivity index (χ2v) is 5.16. The lowest BCUT2D eigenvalue weighted by Crippen LogP contribution is -2.24. The smallest absolute Gasteiger partial charge is 0.126 e. The lowest BCUT2D eigenvalue weighted by molar-refractivity contribution is 0.245. The maximum absolute atomic E-state index is 13.1. The third kappa shape index (κ3) is 3.27. The van der Waals surface area contributed by atoms with Crippen LogP contribution in [0.1, 0.15) is 30.4 Å². The quantitative estimate of drug-likeness (QED) is 0.796. The van der Waals surface area contributed by atoms with Crippen molar-refractivity contribution in [3.8, 4) is 0 Å². The van der Waals surface area contributed by atoms with E-state index in [1.807, 2.05) is 12.1 Å². The second-order valence-electron chi connectivity index (χ2n) is 5.16. The van der Waals surface area contributed by atoms with Crippen molar-refractivity contribution < 1.29 is 9.50 Å². The van der Waals surface area contributed by atoms with E-state index in [1.165, 1.54) is 18.9 Å². The van der Waals surface area contributed by atoms with E-state index in [9.17, 15) is 4.39 Å². The molecule has 94 valence electrons. The van der Waals surface area contributed by atoms with E-state index in [1.54, 1.807) is 6.92 Å². The molecule has 2 rings (SSSR count). The van der Waals surface area contributed by atoms with Crippen LogP contribution < -0.4 is 5.32 Å². The normalized spacial score (nSPS) is 17.1. The molecule has 0 bridgehead atoms. The fraction of sp³-hybridized carbons (Fsp3) is 0.571. The summed E-state index contributed by atoms with van der Waals surface area (Å²) in [5.74, 6) is -0.146. The fourth-order valence-corrected chi connectivity index (χ4v) is 2.22. The molecular weight excluding hydrogens is 217 g/mol. The van der Waals surface area contributed by atoms with Gasteiger partial charge in [-0.15, -0.1) is 0 Å². The van der Waals surface area contributed by atoms with Gasteiger partial charge in [-0.25, -0.2) is 4.39 Å². The van der Waals surface area contributed by atoms with Gasteiger partial charge in [0, 0.05) is 19.7 Å². The van der Waals surface area contributed by atoms with Gasteiger partial charge in [0.25, 0.3) is 0 Å². The first-order valence-corrected chi connectivity index (χ1v) is 6.22. The average Bonchev–Trinajstić information content (AvgIpc) is 3.04. The molecule has 0 radical (unpaired) electrons. The Morgan fingerprint density at radius 2 is 2.18 bits per heavy atom. The van der Waals surface area contributed by atoms with Crippen LogP contribution in [-0.4, -0.2) is 18.3 Å². The molecule has 0 spiro atoms. The Hall–Kier alpha value is -0.930. The van der Waals surface area contributed by atoms with E-state index >= 15 is 0 Å². The van der Waals surface area contributed by atoms with Crippen LogP contribution in [0.5, 0.6) is 0 Å². The van der Waals surface area contributed by atoms with E-state index in [0.717, 1.165) is 25.1 Å². The number of rotatable bonds is 6. The number of aliphatic hydroxyl groups excluding tert-OH is 1. The Kier molecular flexibility index (Phi) is 3.79. The van der Waals surface area contributed by atoms with Crippen molar-refractivity contribution in [2.45, 2.75) is 32.7 Å². The van der Waals surface area contributed by atoms with Gasteiger partial charge in [-0.3, -0.25) is 0 Å². The Balaban J connectivity index is 1.80. The average molecular weight is 237 g/mol. The van der Waals surface area contributed by atoms with Crippen molar-refractivity contribution in [3.05, 3.63) is 35.1 Å². The molecule has 17 heavy (non-hydrogen) atoms. The standard InChI is InChI=1S/C14H20FNO/c1-11-8-12(2-3-13(11)15)9-16-10-14(4-5-14)6-7-17/h2-3,8,16-17H,4-7,9-10H2,1H3. The number of aliphatic hydroxyl groups is 1. The minimum atomic E-state index is -0.146. The molecule has 1 aliphatic carbocycles. The van der Waals surface area contributed by atoms with Gasteiger partial charge in [0.2, 0.25) is 0 Å². The van der Waals surface area contributed by atoms with Crippen LogP contribution in [-0.2, 0) is 6.54 Å². The summed E-state index contributed by atoms with van der Waals surface area (Å²) in [6, 6.07) is 5.22. The highest BCUT2D eigenvalue weighted by molar-refractivity contribution is 5.23. The molecule has 0 aromatic heterocycles. The molecule has 0 atom stereocenters. The minimum absolute atomic E-state index is 0.146. The first-order valence-electron chi connectivity index (χ1n) is 6.22. The highest BCUT2D eigenvalue weighted by Gasteiger charge is 2.41. The number of benzene rings is 1. The molecule has 1 aromatic rings. The van der Waals surface area contributed by atoms with Crippen molar-refractivity contribution >= 4 is 0 Å². The van der Waals surface area contributed by atoms with Crippen LogP contribution in [0, 0.1) is 18.2 Å². The van der Waals surface area contributed by atoms with Gasteiger partial charge in [0.1, 0.15) is 5.82 Å². The first kappa shape index (κ1) is 12.5. The first-order chi connectivity index (χ1) is 8.15. The molecule has 2 nitrogen and oxygen atoms in total. The van der Waals surface area contributed by atoms with E-state index in [2.05, 4.69) is 5.32 Å². The zero-order valence-electron chi connectivity index (χ0n) is 10.3. The fourth-order valence-electron chi connectivity index (χ4n) is 2.22. The number of nitrogens with one attached hydrogen (secondary N) is 1. The maximum Gasteiger partial charge on any atom is 0.126 e. The van der Waals surface area contributed by atoms with Crippen molar-refractivity contribution in [1.29, 1.82) is 0 Å². The highest BCUT2D eigenvalue weighted by Crippen LogP contribution is 2.47. The van der Waals surface area contributed by atoms with Gasteiger partial charge in [0.15, 0.2) is 0 Å². The summed E-state index contributed by atoms with van der Waals surface area (Å²) in [5.41, 5.74) is 2.15. The van der Waals surface area contributed by atoms with Crippen molar-refractivity contribution in [2.75, 3.05) is 13.2 Å². The predicted molar refractivity (Wildman–Crippen MR) is 66.2 cm³/mol. The van der Waals surface area contributed by atoms with E-state index in [-0.39, 0.29) is 12.4 Å². The van der Waals surface area contributed by atoms with Crippen molar-refractivity contribution in [1.82, 2.24) is 5.32 Å². The zero-order valence-corrected chi connectivity index (χ0v) is 10.3. The zero-order chi connectivity index (χ0) is 12.3. The third-order valence-corrected chi connectivity index (χ3v) is 3.65. The number of hydrogen-bond donors (Lipinski definition) is 2. The predicted octanol–water partition coefficient (Wildman–Crippen LogP) is 2.39. The van der Waals surface area contributed by atoms with Crippen LogP contribution in [0.25, 0.3) is 0 Å². The molecule has 0 amide bonds. The van der Waals surface area contributed by atoms with Crippen molar-refractivity contribution in [3.63, 3.8) is 0 Å². The summed E-state index contributed by atoms with van der Waals surface area (Å²) in [6.45, 7) is 3.78. The topological polar surface area (TPSA) is 32.3 Å². The van der Waals surface area contributed by atoms with Crippen LogP contribution in [0.15, 0.2) is 18.2 Å². The molecule has 0 unspecified atom stereocenters. The molecule has 1 fully saturated rings. The van der Waals surface area contributed by atoms with E-state index in [4.69, 9.17) is 5.11 Å². The minimum Gasteiger partial charge on any atom is -0.396 e. The molecule has 3 heteroatoms. The maximum atomic E-state index is 13.1. The molecule has 1 aromatic carbocycles.